The van der Waals surface area contributed by atoms with Crippen LogP contribution in [0.5, 0.6) is 0 Å². The molecule has 5 rings (SSSR count). The highest BCUT2D eigenvalue weighted by Gasteiger charge is 2.31. The van der Waals surface area contributed by atoms with Crippen LogP contribution in [0.1, 0.15) is 13.8 Å². The number of thiocarbonyl (C=S) groups is 1. The number of para-hydroxylation sites is 2. The summed E-state index contributed by atoms with van der Waals surface area (Å²) in [4.78, 5) is 32.5. The van der Waals surface area contributed by atoms with Gasteiger partial charge in [0, 0.05) is 22.9 Å². The summed E-state index contributed by atoms with van der Waals surface area (Å²) in [6.07, 6.45) is 3.86. The van der Waals surface area contributed by atoms with Gasteiger partial charge in [0.15, 0.2) is 5.11 Å². The number of rotatable bonds is 4. The smallest absolute Gasteiger partial charge is 0.263 e. The second-order valence-electron chi connectivity index (χ2n) is 7.66. The molecule has 2 aromatic carbocycles. The van der Waals surface area contributed by atoms with Gasteiger partial charge >= 0.3 is 0 Å². The minimum absolute atomic E-state index is 0.0223. The summed E-state index contributed by atoms with van der Waals surface area (Å²) < 4.78 is 0. The number of hydrogen-bond donors (Lipinski definition) is 2. The predicted molar refractivity (Wildman–Crippen MR) is 143 cm³/mol. The van der Waals surface area contributed by atoms with Gasteiger partial charge < -0.3 is 9.80 Å². The van der Waals surface area contributed by atoms with Crippen molar-refractivity contribution in [3.63, 3.8) is 0 Å². The van der Waals surface area contributed by atoms with Gasteiger partial charge in [0.1, 0.15) is 5.57 Å². The van der Waals surface area contributed by atoms with Gasteiger partial charge in [-0.15, -0.1) is 0 Å². The Kier molecular flexibility index (Phi) is 6.24. The Labute approximate surface area is 212 Å². The van der Waals surface area contributed by atoms with Gasteiger partial charge in [-0.1, -0.05) is 47.8 Å². The minimum atomic E-state index is -0.496. The zero-order chi connectivity index (χ0) is 23.8. The summed E-state index contributed by atoms with van der Waals surface area (Å²) in [5.41, 5.74) is 2.83. The molecule has 6 nitrogen and oxygen atoms in total. The van der Waals surface area contributed by atoms with E-state index < -0.39 is 11.8 Å². The summed E-state index contributed by atoms with van der Waals surface area (Å²) in [5.74, 6) is -0.992. The third-order valence-electron chi connectivity index (χ3n) is 5.66. The molecule has 0 bridgehead atoms. The number of hydrogen-bond acceptors (Lipinski definition) is 7. The average molecular weight is 507 g/mol. The van der Waals surface area contributed by atoms with E-state index in [2.05, 4.69) is 58.5 Å². The fourth-order valence-corrected chi connectivity index (χ4v) is 6.69. The Morgan fingerprint density at radius 2 is 1.26 bits per heavy atom. The van der Waals surface area contributed by atoms with Crippen LogP contribution in [-0.4, -0.2) is 30.0 Å². The number of thioether (sulfide) groups is 2. The van der Waals surface area contributed by atoms with Crippen LogP contribution in [0, 0.1) is 0 Å². The molecule has 0 aromatic heterocycles. The van der Waals surface area contributed by atoms with Gasteiger partial charge in [0.2, 0.25) is 0 Å². The molecule has 34 heavy (non-hydrogen) atoms. The molecular formula is C25H22N4O2S3. The maximum atomic E-state index is 12.9. The maximum Gasteiger partial charge on any atom is 0.263 e. The van der Waals surface area contributed by atoms with Crippen LogP contribution in [0.3, 0.4) is 0 Å². The van der Waals surface area contributed by atoms with Gasteiger partial charge in [-0.05, 0) is 68.1 Å². The van der Waals surface area contributed by atoms with Crippen molar-refractivity contribution in [3.8, 4) is 0 Å². The Hall–Kier alpha value is -3.01. The molecule has 0 spiro atoms. The van der Waals surface area contributed by atoms with Gasteiger partial charge in [-0.25, -0.2) is 0 Å². The van der Waals surface area contributed by atoms with Crippen molar-refractivity contribution >= 4 is 64.0 Å². The van der Waals surface area contributed by atoms with Gasteiger partial charge in [-0.2, -0.15) is 0 Å². The highest BCUT2D eigenvalue weighted by atomic mass is 32.2. The zero-order valence-corrected chi connectivity index (χ0v) is 21.1. The average Bonchev–Trinajstić information content (AvgIpc) is 3.34. The lowest BCUT2D eigenvalue weighted by atomic mass is 10.0. The van der Waals surface area contributed by atoms with Crippen LogP contribution in [0.4, 0.5) is 11.4 Å². The number of carbonyl (C=O) groups is 2. The molecule has 2 N–H and O–H groups in total. The third kappa shape index (κ3) is 4.04. The topological polar surface area (TPSA) is 64.7 Å². The SMILES string of the molecule is CCN1/C(=C/C(/C=C2\Sc3ccccc3N2CC)=C2C(=O)NC(=S)NC2=O)Sc2ccccc21. The quantitative estimate of drug-likeness (QED) is 0.352. The zero-order valence-electron chi connectivity index (χ0n) is 18.6. The van der Waals surface area contributed by atoms with Crippen molar-refractivity contribution in [2.24, 2.45) is 0 Å². The number of fused-ring (bicyclic) bond motifs is 2. The molecule has 0 atom stereocenters. The number of carbonyl (C=O) groups excluding carboxylic acids is 2. The Bertz CT molecular complexity index is 1220. The standard InChI is InChI=1S/C25H22N4O2S3/c1-3-28-16-9-5-7-11-18(16)33-20(28)13-15(22-23(30)26-25(32)27-24(22)31)14-21-29(4-2)17-10-6-8-12-19(17)34-21/h5-14H,3-4H2,1-2H3,(H2,26,27,30,31,32)/b20-13-,21-14-. The first-order valence-electron chi connectivity index (χ1n) is 10.9. The number of amides is 2. The second kappa shape index (κ2) is 9.32. The second-order valence-corrected chi connectivity index (χ2v) is 10.2. The molecule has 1 fully saturated rings. The van der Waals surface area contributed by atoms with Crippen LogP contribution < -0.4 is 20.4 Å². The number of nitrogens with zero attached hydrogens (tertiary/aromatic N) is 2. The first-order chi connectivity index (χ1) is 16.5. The molecule has 0 unspecified atom stereocenters. The van der Waals surface area contributed by atoms with Crippen LogP contribution in [0.25, 0.3) is 0 Å². The van der Waals surface area contributed by atoms with E-state index in [1.165, 1.54) is 0 Å². The van der Waals surface area contributed by atoms with Crippen molar-refractivity contribution in [2.45, 2.75) is 23.6 Å². The first kappa shape index (κ1) is 22.8. The van der Waals surface area contributed by atoms with E-state index in [1.54, 1.807) is 23.5 Å². The minimum Gasteiger partial charge on any atom is -0.335 e. The highest BCUT2D eigenvalue weighted by molar-refractivity contribution is 8.04. The molecule has 0 radical (unpaired) electrons. The Morgan fingerprint density at radius 3 is 1.71 bits per heavy atom. The monoisotopic (exact) mass is 506 g/mol. The number of allylic oxidation sites excluding steroid dienone is 3. The molecule has 3 aliphatic rings. The maximum absolute atomic E-state index is 12.9. The lowest BCUT2D eigenvalue weighted by Crippen LogP contribution is -2.51. The van der Waals surface area contributed by atoms with Crippen LogP contribution in [0.15, 0.2) is 91.7 Å². The molecule has 0 saturated carbocycles. The van der Waals surface area contributed by atoms with E-state index in [-0.39, 0.29) is 10.7 Å². The number of nitrogens with one attached hydrogen (secondary N) is 2. The molecule has 3 heterocycles. The summed E-state index contributed by atoms with van der Waals surface area (Å²) in [5, 5.41) is 7.10. The van der Waals surface area contributed by atoms with Crippen molar-refractivity contribution < 1.29 is 9.59 Å². The van der Waals surface area contributed by atoms with E-state index in [9.17, 15) is 9.59 Å². The summed E-state index contributed by atoms with van der Waals surface area (Å²) in [7, 11) is 0. The Balaban J connectivity index is 1.65. The van der Waals surface area contributed by atoms with Crippen LogP contribution >= 0.6 is 35.7 Å². The first-order valence-corrected chi connectivity index (χ1v) is 13.0. The van der Waals surface area contributed by atoms with Crippen molar-refractivity contribution in [1.82, 2.24) is 10.6 Å². The van der Waals surface area contributed by atoms with Gasteiger partial charge in [0.05, 0.1) is 21.4 Å². The predicted octanol–water partition coefficient (Wildman–Crippen LogP) is 4.76. The largest absolute Gasteiger partial charge is 0.335 e. The number of benzene rings is 2. The normalized spacial score (nSPS) is 19.5. The van der Waals surface area contributed by atoms with Crippen molar-refractivity contribution in [2.75, 3.05) is 22.9 Å². The van der Waals surface area contributed by atoms with Crippen molar-refractivity contribution in [3.05, 3.63) is 81.9 Å². The molecule has 3 aliphatic heterocycles. The molecule has 2 aromatic rings. The molecule has 1 saturated heterocycles. The molecule has 2 amide bonds. The van der Waals surface area contributed by atoms with E-state index in [0.717, 1.165) is 44.3 Å². The molecular weight excluding hydrogens is 485 g/mol. The lowest BCUT2D eigenvalue weighted by Gasteiger charge is -2.22. The highest BCUT2D eigenvalue weighted by Crippen LogP contribution is 2.48. The van der Waals surface area contributed by atoms with Crippen molar-refractivity contribution in [1.29, 1.82) is 0 Å². The fraction of sp³-hybridized carbons (Fsp3) is 0.160. The van der Waals surface area contributed by atoms with Gasteiger partial charge in [0.25, 0.3) is 11.8 Å². The van der Waals surface area contributed by atoms with Crippen LogP contribution in [0.2, 0.25) is 0 Å². The summed E-state index contributed by atoms with van der Waals surface area (Å²) in [6, 6.07) is 16.4. The van der Waals surface area contributed by atoms with Crippen LogP contribution in [-0.2, 0) is 9.59 Å². The molecule has 172 valence electrons. The van der Waals surface area contributed by atoms with Gasteiger partial charge in [-0.3, -0.25) is 20.2 Å². The van der Waals surface area contributed by atoms with E-state index in [4.69, 9.17) is 12.2 Å². The molecule has 0 aliphatic carbocycles. The Morgan fingerprint density at radius 1 is 0.824 bits per heavy atom. The fourth-order valence-electron chi connectivity index (χ4n) is 4.15. The van der Waals surface area contributed by atoms with E-state index in [0.29, 0.717) is 5.57 Å². The lowest BCUT2D eigenvalue weighted by molar-refractivity contribution is -0.123. The van der Waals surface area contributed by atoms with E-state index in [1.807, 2.05) is 36.4 Å². The number of anilines is 2. The molecule has 9 heteroatoms. The van der Waals surface area contributed by atoms with E-state index >= 15 is 0 Å². The summed E-state index contributed by atoms with van der Waals surface area (Å²) >= 11 is 8.27. The third-order valence-corrected chi connectivity index (χ3v) is 8.09. The summed E-state index contributed by atoms with van der Waals surface area (Å²) in [6.45, 7) is 5.70.